The van der Waals surface area contributed by atoms with E-state index in [2.05, 4.69) is 0 Å². The highest BCUT2D eigenvalue weighted by atomic mass is 32.2. The topological polar surface area (TPSA) is 76.4 Å². The Morgan fingerprint density at radius 2 is 2.06 bits per heavy atom. The SMILES string of the molecule is Cc1cccn1S(=O)(=O)c1ccc(C(=O)O)s1. The third-order valence-electron chi connectivity index (χ3n) is 2.21. The van der Waals surface area contributed by atoms with Crippen LogP contribution in [-0.4, -0.2) is 23.5 Å². The van der Waals surface area contributed by atoms with E-state index in [1.165, 1.54) is 18.3 Å². The van der Waals surface area contributed by atoms with Gasteiger partial charge in [-0.2, -0.15) is 8.42 Å². The molecule has 0 fully saturated rings. The lowest BCUT2D eigenvalue weighted by atomic mass is 10.5. The second-order valence-corrected chi connectivity index (χ2v) is 6.50. The molecule has 0 aliphatic rings. The lowest BCUT2D eigenvalue weighted by molar-refractivity contribution is 0.0702. The first-order valence-electron chi connectivity index (χ1n) is 4.65. The zero-order valence-corrected chi connectivity index (χ0v) is 10.5. The van der Waals surface area contributed by atoms with E-state index < -0.39 is 16.0 Å². The number of aromatic nitrogens is 1. The Kier molecular flexibility index (Phi) is 2.80. The van der Waals surface area contributed by atoms with E-state index in [-0.39, 0.29) is 9.09 Å². The van der Waals surface area contributed by atoms with Gasteiger partial charge in [0.2, 0.25) is 0 Å². The molecule has 7 heteroatoms. The van der Waals surface area contributed by atoms with Gasteiger partial charge in [0, 0.05) is 11.9 Å². The fourth-order valence-corrected chi connectivity index (χ4v) is 4.00. The second kappa shape index (κ2) is 4.01. The van der Waals surface area contributed by atoms with Crippen LogP contribution in [0.4, 0.5) is 0 Å². The van der Waals surface area contributed by atoms with Crippen LogP contribution in [0.5, 0.6) is 0 Å². The molecule has 0 amide bonds. The summed E-state index contributed by atoms with van der Waals surface area (Å²) < 4.78 is 25.4. The van der Waals surface area contributed by atoms with E-state index in [0.717, 1.165) is 15.3 Å². The van der Waals surface area contributed by atoms with Gasteiger partial charge >= 0.3 is 5.97 Å². The maximum absolute atomic E-state index is 12.1. The van der Waals surface area contributed by atoms with Crippen molar-refractivity contribution >= 4 is 27.3 Å². The van der Waals surface area contributed by atoms with Crippen LogP contribution in [0.3, 0.4) is 0 Å². The zero-order valence-electron chi connectivity index (χ0n) is 8.82. The van der Waals surface area contributed by atoms with Gasteiger partial charge in [-0.25, -0.2) is 8.77 Å². The van der Waals surface area contributed by atoms with Gasteiger partial charge in [0.05, 0.1) is 0 Å². The van der Waals surface area contributed by atoms with Gasteiger partial charge in [0.1, 0.15) is 9.09 Å². The number of aryl methyl sites for hydroxylation is 1. The number of thiophene rings is 1. The normalized spacial score (nSPS) is 11.6. The van der Waals surface area contributed by atoms with E-state index in [4.69, 9.17) is 5.11 Å². The monoisotopic (exact) mass is 271 g/mol. The van der Waals surface area contributed by atoms with E-state index in [1.807, 2.05) is 0 Å². The molecular weight excluding hydrogens is 262 g/mol. The van der Waals surface area contributed by atoms with Gasteiger partial charge < -0.3 is 5.11 Å². The maximum Gasteiger partial charge on any atom is 0.345 e. The standard InChI is InChI=1S/C10H9NO4S2/c1-7-3-2-6-11(7)17(14,15)9-5-4-8(16-9)10(12)13/h2-6H,1H3,(H,12,13). The number of carbonyl (C=O) groups is 1. The molecule has 0 aliphatic heterocycles. The van der Waals surface area contributed by atoms with E-state index in [1.54, 1.807) is 19.1 Å². The van der Waals surface area contributed by atoms with Crippen molar-refractivity contribution in [3.63, 3.8) is 0 Å². The molecular formula is C10H9NO4S2. The molecule has 2 rings (SSSR count). The predicted molar refractivity (Wildman–Crippen MR) is 63.0 cm³/mol. The summed E-state index contributed by atoms with van der Waals surface area (Å²) in [6, 6.07) is 5.89. The second-order valence-electron chi connectivity index (χ2n) is 3.37. The molecule has 0 bridgehead atoms. The smallest absolute Gasteiger partial charge is 0.345 e. The molecule has 0 aliphatic carbocycles. The fourth-order valence-electron chi connectivity index (χ4n) is 1.39. The van der Waals surface area contributed by atoms with Crippen LogP contribution in [0.15, 0.2) is 34.7 Å². The molecule has 0 saturated carbocycles. The van der Waals surface area contributed by atoms with Gasteiger partial charge in [-0.3, -0.25) is 0 Å². The molecule has 0 spiro atoms. The Hall–Kier alpha value is -1.60. The van der Waals surface area contributed by atoms with Crippen molar-refractivity contribution in [1.29, 1.82) is 0 Å². The molecule has 2 aromatic heterocycles. The zero-order chi connectivity index (χ0) is 12.6. The summed E-state index contributed by atoms with van der Waals surface area (Å²) in [5.74, 6) is -1.12. The summed E-state index contributed by atoms with van der Waals surface area (Å²) in [5, 5.41) is 8.76. The van der Waals surface area contributed by atoms with Crippen molar-refractivity contribution in [1.82, 2.24) is 3.97 Å². The molecule has 1 N–H and O–H groups in total. The molecule has 5 nitrogen and oxygen atoms in total. The molecule has 2 aromatic rings. The Labute approximate surface area is 102 Å². The highest BCUT2D eigenvalue weighted by Gasteiger charge is 2.21. The minimum Gasteiger partial charge on any atom is -0.477 e. The Balaban J connectivity index is 2.53. The van der Waals surface area contributed by atoms with Crippen molar-refractivity contribution in [3.8, 4) is 0 Å². The molecule has 17 heavy (non-hydrogen) atoms. The lowest BCUT2D eigenvalue weighted by Gasteiger charge is -2.04. The van der Waals surface area contributed by atoms with Crippen molar-refractivity contribution in [2.45, 2.75) is 11.1 Å². The fraction of sp³-hybridized carbons (Fsp3) is 0.100. The lowest BCUT2D eigenvalue weighted by Crippen LogP contribution is -2.11. The van der Waals surface area contributed by atoms with Crippen molar-refractivity contribution in [2.75, 3.05) is 0 Å². The maximum atomic E-state index is 12.1. The molecule has 0 aromatic carbocycles. The number of aromatic carboxylic acids is 1. The quantitative estimate of drug-likeness (QED) is 0.923. The number of rotatable bonds is 3. The average molecular weight is 271 g/mol. The Morgan fingerprint density at radius 3 is 2.53 bits per heavy atom. The van der Waals surface area contributed by atoms with Crippen LogP contribution >= 0.6 is 11.3 Å². The first kappa shape index (κ1) is 11.9. The van der Waals surface area contributed by atoms with E-state index in [0.29, 0.717) is 5.69 Å². The molecule has 0 radical (unpaired) electrons. The van der Waals surface area contributed by atoms with Crippen LogP contribution < -0.4 is 0 Å². The Morgan fingerprint density at radius 1 is 1.35 bits per heavy atom. The van der Waals surface area contributed by atoms with Gasteiger partial charge in [0.15, 0.2) is 0 Å². The summed E-state index contributed by atoms with van der Waals surface area (Å²) in [5.41, 5.74) is 0.579. The van der Waals surface area contributed by atoms with Crippen molar-refractivity contribution in [3.05, 3.63) is 41.0 Å². The number of carboxylic acids is 1. The summed E-state index contributed by atoms with van der Waals surface area (Å²) in [6.45, 7) is 1.67. The van der Waals surface area contributed by atoms with Crippen LogP contribution in [-0.2, 0) is 10.0 Å². The van der Waals surface area contributed by atoms with Crippen LogP contribution in [0.1, 0.15) is 15.4 Å². The van der Waals surface area contributed by atoms with Crippen molar-refractivity contribution in [2.24, 2.45) is 0 Å². The first-order chi connectivity index (χ1) is 7.93. The average Bonchev–Trinajstić information content (AvgIpc) is 2.84. The highest BCUT2D eigenvalue weighted by Crippen LogP contribution is 2.24. The van der Waals surface area contributed by atoms with Crippen LogP contribution in [0, 0.1) is 6.92 Å². The summed E-state index contributed by atoms with van der Waals surface area (Å²) in [6.07, 6.45) is 1.44. The third-order valence-corrected chi connectivity index (χ3v) is 5.53. The largest absolute Gasteiger partial charge is 0.477 e. The van der Waals surface area contributed by atoms with Crippen LogP contribution in [0.25, 0.3) is 0 Å². The van der Waals surface area contributed by atoms with Gasteiger partial charge in [-0.05, 0) is 31.2 Å². The van der Waals surface area contributed by atoms with E-state index >= 15 is 0 Å². The minimum absolute atomic E-state index is 0.00776. The number of hydrogen-bond acceptors (Lipinski definition) is 4. The first-order valence-corrected chi connectivity index (χ1v) is 6.91. The molecule has 2 heterocycles. The summed E-state index contributed by atoms with van der Waals surface area (Å²) in [7, 11) is -3.67. The van der Waals surface area contributed by atoms with Gasteiger partial charge in [0.25, 0.3) is 10.0 Å². The number of hydrogen-bond donors (Lipinski definition) is 1. The Bertz CT molecular complexity index is 666. The predicted octanol–water partition coefficient (Wildman–Crippen LogP) is 1.79. The molecule has 0 atom stereocenters. The minimum atomic E-state index is -3.67. The van der Waals surface area contributed by atoms with E-state index in [9.17, 15) is 13.2 Å². The highest BCUT2D eigenvalue weighted by molar-refractivity contribution is 7.92. The van der Waals surface area contributed by atoms with Crippen LogP contribution in [0.2, 0.25) is 0 Å². The number of nitrogens with zero attached hydrogens (tertiary/aromatic N) is 1. The number of carboxylic acid groups (broad SMARTS) is 1. The summed E-state index contributed by atoms with van der Waals surface area (Å²) in [4.78, 5) is 10.7. The molecule has 0 saturated heterocycles. The summed E-state index contributed by atoms with van der Waals surface area (Å²) >= 11 is 0.747. The third kappa shape index (κ3) is 1.98. The van der Waals surface area contributed by atoms with Crippen molar-refractivity contribution < 1.29 is 18.3 Å². The van der Waals surface area contributed by atoms with Gasteiger partial charge in [-0.1, -0.05) is 0 Å². The van der Waals surface area contributed by atoms with Gasteiger partial charge in [-0.15, -0.1) is 11.3 Å². The molecule has 90 valence electrons. The molecule has 0 unspecified atom stereocenters.